The molecule has 20 heavy (non-hydrogen) atoms. The first-order chi connectivity index (χ1) is 9.76. The van der Waals surface area contributed by atoms with Gasteiger partial charge in [0.15, 0.2) is 0 Å². The largest absolute Gasteiger partial charge is 0.497 e. The molecule has 4 atom stereocenters. The molecule has 1 saturated carbocycles. The Kier molecular flexibility index (Phi) is 3.00. The fourth-order valence-corrected chi connectivity index (χ4v) is 4.59. The summed E-state index contributed by atoms with van der Waals surface area (Å²) < 4.78 is 5.31. The van der Waals surface area contributed by atoms with Crippen molar-refractivity contribution in [3.05, 3.63) is 29.3 Å². The van der Waals surface area contributed by atoms with Gasteiger partial charge in [-0.25, -0.2) is 0 Å². The molecule has 3 heteroatoms. The van der Waals surface area contributed by atoms with E-state index in [1.165, 1.54) is 31.4 Å². The molecular weight excluding hydrogens is 250 g/mol. The number of ether oxygens (including phenoxy) is 1. The number of aryl methyl sites for hydroxylation is 1. The lowest BCUT2D eigenvalue weighted by Gasteiger charge is -2.41. The number of fused-ring (bicyclic) bond motifs is 3. The Balaban J connectivity index is 1.61. The van der Waals surface area contributed by atoms with Crippen molar-refractivity contribution in [1.29, 1.82) is 0 Å². The van der Waals surface area contributed by atoms with Gasteiger partial charge in [0, 0.05) is 18.6 Å². The van der Waals surface area contributed by atoms with Crippen LogP contribution in [0.15, 0.2) is 18.2 Å². The zero-order valence-corrected chi connectivity index (χ0v) is 12.1. The molecule has 1 heterocycles. The summed E-state index contributed by atoms with van der Waals surface area (Å²) in [4.78, 5) is 2.60. The zero-order valence-electron chi connectivity index (χ0n) is 12.1. The second kappa shape index (κ2) is 4.74. The molecule has 4 rings (SSSR count). The monoisotopic (exact) mass is 273 g/mol. The van der Waals surface area contributed by atoms with Gasteiger partial charge in [0.1, 0.15) is 5.75 Å². The Hall–Kier alpha value is -1.06. The van der Waals surface area contributed by atoms with E-state index in [4.69, 9.17) is 4.74 Å². The van der Waals surface area contributed by atoms with Gasteiger partial charge in [-0.2, -0.15) is 0 Å². The molecule has 1 saturated heterocycles. The standard InChI is InChI=1S/C17H23NO2/c1-20-14-6-3-12-4-7-16(17(19)15(12)9-14)18-10-11-2-5-13(18)8-11/h3,6,9,11,13,16-17,19H,2,4-5,7-8,10H2,1H3. The average molecular weight is 273 g/mol. The van der Waals surface area contributed by atoms with Gasteiger partial charge in [-0.1, -0.05) is 6.07 Å². The molecule has 1 aromatic carbocycles. The quantitative estimate of drug-likeness (QED) is 0.899. The summed E-state index contributed by atoms with van der Waals surface area (Å²) in [5, 5.41) is 10.8. The Morgan fingerprint density at radius 2 is 2.15 bits per heavy atom. The van der Waals surface area contributed by atoms with Crippen molar-refractivity contribution in [2.24, 2.45) is 5.92 Å². The van der Waals surface area contributed by atoms with Gasteiger partial charge in [0.05, 0.1) is 13.2 Å². The van der Waals surface area contributed by atoms with Crippen molar-refractivity contribution in [1.82, 2.24) is 4.90 Å². The number of likely N-dealkylation sites (tertiary alicyclic amines) is 1. The first-order valence-electron chi connectivity index (χ1n) is 7.87. The first kappa shape index (κ1) is 12.7. The topological polar surface area (TPSA) is 32.7 Å². The van der Waals surface area contributed by atoms with Crippen molar-refractivity contribution in [2.75, 3.05) is 13.7 Å². The molecule has 2 aliphatic carbocycles. The Labute approximate surface area is 120 Å². The molecule has 2 bridgehead atoms. The number of nitrogens with zero attached hydrogens (tertiary/aromatic N) is 1. The second-order valence-corrected chi connectivity index (χ2v) is 6.65. The maximum Gasteiger partial charge on any atom is 0.119 e. The van der Waals surface area contributed by atoms with E-state index < -0.39 is 0 Å². The Bertz CT molecular complexity index is 516. The Morgan fingerprint density at radius 3 is 2.85 bits per heavy atom. The average Bonchev–Trinajstić information content (AvgIpc) is 3.10. The van der Waals surface area contributed by atoms with Gasteiger partial charge in [-0.3, -0.25) is 4.90 Å². The maximum absolute atomic E-state index is 10.8. The predicted octanol–water partition coefficient (Wildman–Crippen LogP) is 2.53. The highest BCUT2D eigenvalue weighted by Crippen LogP contribution is 2.43. The summed E-state index contributed by atoms with van der Waals surface area (Å²) in [6.45, 7) is 1.20. The lowest BCUT2D eigenvalue weighted by atomic mass is 9.84. The highest BCUT2D eigenvalue weighted by molar-refractivity contribution is 5.39. The summed E-state index contributed by atoms with van der Waals surface area (Å²) in [7, 11) is 1.69. The van der Waals surface area contributed by atoms with Crippen LogP contribution < -0.4 is 4.74 Å². The minimum Gasteiger partial charge on any atom is -0.497 e. The van der Waals surface area contributed by atoms with Crippen LogP contribution in [0.2, 0.25) is 0 Å². The number of hydrogen-bond donors (Lipinski definition) is 1. The van der Waals surface area contributed by atoms with E-state index in [0.29, 0.717) is 6.04 Å². The lowest BCUT2D eigenvalue weighted by molar-refractivity contribution is 0.0192. The molecule has 0 spiro atoms. The van der Waals surface area contributed by atoms with E-state index in [1.54, 1.807) is 7.11 Å². The van der Waals surface area contributed by atoms with E-state index in [9.17, 15) is 5.11 Å². The van der Waals surface area contributed by atoms with Gasteiger partial charge in [-0.15, -0.1) is 0 Å². The molecule has 2 fully saturated rings. The fourth-order valence-electron chi connectivity index (χ4n) is 4.59. The number of methoxy groups -OCH3 is 1. The summed E-state index contributed by atoms with van der Waals surface area (Å²) in [5.41, 5.74) is 2.38. The zero-order chi connectivity index (χ0) is 13.7. The molecule has 1 aliphatic heterocycles. The van der Waals surface area contributed by atoms with Crippen LogP contribution >= 0.6 is 0 Å². The minimum atomic E-state index is -0.354. The molecule has 0 radical (unpaired) electrons. The first-order valence-corrected chi connectivity index (χ1v) is 7.87. The van der Waals surface area contributed by atoms with Crippen LogP contribution in [0.25, 0.3) is 0 Å². The van der Waals surface area contributed by atoms with Gasteiger partial charge in [0.25, 0.3) is 0 Å². The molecular formula is C17H23NO2. The van der Waals surface area contributed by atoms with E-state index in [-0.39, 0.29) is 6.10 Å². The minimum absolute atomic E-state index is 0.310. The van der Waals surface area contributed by atoms with E-state index in [0.717, 1.165) is 36.1 Å². The molecule has 1 N–H and O–H groups in total. The molecule has 0 amide bonds. The third-order valence-corrected chi connectivity index (χ3v) is 5.62. The molecule has 3 aliphatic rings. The van der Waals surface area contributed by atoms with Gasteiger partial charge >= 0.3 is 0 Å². The molecule has 0 aromatic heterocycles. The number of piperidine rings is 1. The highest BCUT2D eigenvalue weighted by Gasteiger charge is 2.44. The van der Waals surface area contributed by atoms with Crippen LogP contribution in [0, 0.1) is 5.92 Å². The predicted molar refractivity (Wildman–Crippen MR) is 77.9 cm³/mol. The van der Waals surface area contributed by atoms with Crippen LogP contribution in [-0.4, -0.2) is 35.7 Å². The van der Waals surface area contributed by atoms with E-state index in [2.05, 4.69) is 11.0 Å². The maximum atomic E-state index is 10.8. The number of hydrogen-bond acceptors (Lipinski definition) is 3. The van der Waals surface area contributed by atoms with Crippen LogP contribution in [0.3, 0.4) is 0 Å². The van der Waals surface area contributed by atoms with Crippen LogP contribution in [0.5, 0.6) is 5.75 Å². The highest BCUT2D eigenvalue weighted by atomic mass is 16.5. The van der Waals surface area contributed by atoms with Crippen LogP contribution in [-0.2, 0) is 6.42 Å². The third kappa shape index (κ3) is 1.87. The third-order valence-electron chi connectivity index (χ3n) is 5.62. The summed E-state index contributed by atoms with van der Waals surface area (Å²) >= 11 is 0. The number of benzene rings is 1. The van der Waals surface area contributed by atoms with Crippen molar-refractivity contribution in [3.8, 4) is 5.75 Å². The lowest BCUT2D eigenvalue weighted by Crippen LogP contribution is -2.46. The second-order valence-electron chi connectivity index (χ2n) is 6.65. The van der Waals surface area contributed by atoms with Gasteiger partial charge < -0.3 is 9.84 Å². The molecule has 1 aromatic rings. The van der Waals surface area contributed by atoms with Gasteiger partial charge in [-0.05, 0) is 61.3 Å². The van der Waals surface area contributed by atoms with Gasteiger partial charge in [0.2, 0.25) is 0 Å². The van der Waals surface area contributed by atoms with Crippen molar-refractivity contribution in [3.63, 3.8) is 0 Å². The van der Waals surface area contributed by atoms with E-state index in [1.807, 2.05) is 12.1 Å². The van der Waals surface area contributed by atoms with Crippen LogP contribution in [0.4, 0.5) is 0 Å². The normalized spacial score (nSPS) is 36.1. The number of aliphatic hydroxyl groups is 1. The Morgan fingerprint density at radius 1 is 1.25 bits per heavy atom. The fraction of sp³-hybridized carbons (Fsp3) is 0.647. The van der Waals surface area contributed by atoms with Crippen LogP contribution in [0.1, 0.15) is 42.9 Å². The smallest absolute Gasteiger partial charge is 0.119 e. The summed E-state index contributed by atoms with van der Waals surface area (Å²) in [6, 6.07) is 7.19. The summed E-state index contributed by atoms with van der Waals surface area (Å²) in [6.07, 6.45) is 5.90. The molecule has 108 valence electrons. The summed E-state index contributed by atoms with van der Waals surface area (Å²) in [5.74, 6) is 1.74. The SMILES string of the molecule is COc1ccc2c(c1)C(O)C(N1CC3CCC1C3)CC2. The van der Waals surface area contributed by atoms with Crippen molar-refractivity contribution in [2.45, 2.75) is 50.3 Å². The number of aliphatic hydroxyl groups excluding tert-OH is 1. The molecule has 3 nitrogen and oxygen atoms in total. The van der Waals surface area contributed by atoms with Crippen molar-refractivity contribution >= 4 is 0 Å². The molecule has 4 unspecified atom stereocenters. The number of rotatable bonds is 2. The van der Waals surface area contributed by atoms with Crippen molar-refractivity contribution < 1.29 is 9.84 Å². The van der Waals surface area contributed by atoms with E-state index >= 15 is 0 Å².